The number of H-pyrrole nitrogens is 1. The van der Waals surface area contributed by atoms with Gasteiger partial charge in [-0.05, 0) is 42.7 Å². The molecule has 0 aliphatic carbocycles. The monoisotopic (exact) mass is 390 g/mol. The molecule has 0 saturated carbocycles. The van der Waals surface area contributed by atoms with Crippen LogP contribution in [0.1, 0.15) is 11.1 Å². The van der Waals surface area contributed by atoms with Gasteiger partial charge in [0.15, 0.2) is 11.6 Å². The van der Waals surface area contributed by atoms with Crippen LogP contribution in [0.25, 0.3) is 0 Å². The van der Waals surface area contributed by atoms with Crippen LogP contribution >= 0.6 is 0 Å². The third-order valence-corrected chi connectivity index (χ3v) is 3.91. The third kappa shape index (κ3) is 5.04. The van der Waals surface area contributed by atoms with Gasteiger partial charge in [-0.2, -0.15) is 13.5 Å². The van der Waals surface area contributed by atoms with Gasteiger partial charge in [0.2, 0.25) is 0 Å². The Morgan fingerprint density at radius 1 is 1.24 bits per heavy atom. The third-order valence-electron chi connectivity index (χ3n) is 3.04. The molecule has 2 aromatic rings. The molecule has 0 bridgehead atoms. The largest absolute Gasteiger partial charge is 1.00 e. The minimum absolute atomic E-state index is 0. The van der Waals surface area contributed by atoms with Gasteiger partial charge in [0.1, 0.15) is 0 Å². The average Bonchev–Trinajstić information content (AvgIpc) is 2.45. The van der Waals surface area contributed by atoms with Crippen LogP contribution in [0.5, 0.6) is 5.88 Å². The number of rotatable bonds is 4. The molecule has 4 N–H and O–H groups in total. The van der Waals surface area contributed by atoms with E-state index in [4.69, 9.17) is 9.96 Å². The fourth-order valence-electron chi connectivity index (χ4n) is 1.89. The predicted molar refractivity (Wildman–Crippen MR) is 80.7 cm³/mol. The maximum atomic E-state index is 11.8. The van der Waals surface area contributed by atoms with Crippen molar-refractivity contribution in [2.24, 2.45) is 10.2 Å². The van der Waals surface area contributed by atoms with Crippen LogP contribution in [0.4, 0.5) is 11.4 Å². The standard InChI is InChI=1S/C13H12N4O6S.K/c1-6-9(11(14)18)12(19)15-13(20)10(6)17-16-7-2-4-8(5-3-7)24(21,22)23;/h2-5H,1H3,(H2,14,18)(H2,15,19,20)(H,21,22,23);/q;+1/p-1. The summed E-state index contributed by atoms with van der Waals surface area (Å²) in [6.45, 7) is 1.33. The number of nitrogens with one attached hydrogen (secondary N) is 2. The van der Waals surface area contributed by atoms with Crippen LogP contribution in [0.3, 0.4) is 0 Å². The van der Waals surface area contributed by atoms with Crippen molar-refractivity contribution in [1.82, 2.24) is 4.98 Å². The van der Waals surface area contributed by atoms with Crippen molar-refractivity contribution in [2.45, 2.75) is 11.8 Å². The molecule has 126 valence electrons. The Bertz CT molecular complexity index is 998. The quantitative estimate of drug-likeness (QED) is 0.150. The molecule has 1 aromatic carbocycles. The number of benzene rings is 1. The summed E-state index contributed by atoms with van der Waals surface area (Å²) in [5, 5.41) is 35.2. The molecule has 0 radical (unpaired) electrons. The zero-order chi connectivity index (χ0) is 18.1. The maximum Gasteiger partial charge on any atom is 1.00 e. The number of aromatic amines is 1. The fraction of sp³-hybridized carbons (Fsp3) is 0.0769. The van der Waals surface area contributed by atoms with Crippen LogP contribution in [0, 0.1) is 12.3 Å². The van der Waals surface area contributed by atoms with Crippen molar-refractivity contribution >= 4 is 27.4 Å². The molecular formula is C13H11KN4O6S. The summed E-state index contributed by atoms with van der Waals surface area (Å²) < 4.78 is 30.7. The Morgan fingerprint density at radius 3 is 2.28 bits per heavy atom. The first-order chi connectivity index (χ1) is 11.1. The Hall–Kier alpha value is -1.41. The van der Waals surface area contributed by atoms with E-state index in [1.807, 2.05) is 4.98 Å². The predicted octanol–water partition coefficient (Wildman–Crippen LogP) is -2.26. The molecule has 1 aromatic heterocycles. The van der Waals surface area contributed by atoms with Crippen molar-refractivity contribution in [3.63, 3.8) is 0 Å². The molecule has 12 heteroatoms. The van der Waals surface area contributed by atoms with Gasteiger partial charge >= 0.3 is 51.4 Å². The second-order valence-electron chi connectivity index (χ2n) is 4.65. The van der Waals surface area contributed by atoms with Crippen LogP contribution in [-0.4, -0.2) is 29.0 Å². The van der Waals surface area contributed by atoms with E-state index in [2.05, 4.69) is 10.2 Å². The van der Waals surface area contributed by atoms with E-state index in [1.165, 1.54) is 19.1 Å². The first kappa shape index (κ1) is 21.6. The molecule has 0 spiro atoms. The van der Waals surface area contributed by atoms with E-state index in [0.29, 0.717) is 0 Å². The topological polar surface area (TPSA) is 179 Å². The Morgan fingerprint density at radius 2 is 1.80 bits per heavy atom. The van der Waals surface area contributed by atoms with Crippen molar-refractivity contribution < 1.29 is 74.6 Å². The number of nitrogens with zero attached hydrogens (tertiary/aromatic N) is 2. The molecule has 0 aliphatic rings. The van der Waals surface area contributed by atoms with Crippen LogP contribution < -0.4 is 62.1 Å². The molecule has 2 rings (SSSR count). The Labute approximate surface area is 184 Å². The van der Waals surface area contributed by atoms with Gasteiger partial charge in [-0.3, -0.25) is 14.3 Å². The molecular weight excluding hydrogens is 379 g/mol. The van der Waals surface area contributed by atoms with Gasteiger partial charge in [-0.25, -0.2) is 0 Å². The molecule has 1 heterocycles. The van der Waals surface area contributed by atoms with E-state index in [0.717, 1.165) is 12.1 Å². The van der Waals surface area contributed by atoms with E-state index in [1.54, 1.807) is 0 Å². The van der Waals surface area contributed by atoms with Gasteiger partial charge in [0.25, 0.3) is 15.7 Å². The molecule has 0 aliphatic heterocycles. The Balaban J connectivity index is 0.00000312. The normalized spacial score (nSPS) is 11.3. The number of hydrogen-bond acceptors (Lipinski definition) is 8. The zero-order valence-electron chi connectivity index (χ0n) is 13.1. The van der Waals surface area contributed by atoms with Crippen molar-refractivity contribution in [1.29, 1.82) is 5.41 Å². The number of azo groups is 1. The number of aromatic nitrogens is 1. The summed E-state index contributed by atoms with van der Waals surface area (Å²) in [4.78, 5) is 13.4. The summed E-state index contributed by atoms with van der Waals surface area (Å²) >= 11 is 0. The maximum absolute atomic E-state index is 11.8. The molecule has 10 nitrogen and oxygen atoms in total. The second kappa shape index (κ2) is 8.31. The molecule has 0 saturated heterocycles. The van der Waals surface area contributed by atoms with Crippen molar-refractivity contribution in [2.75, 3.05) is 0 Å². The average molecular weight is 390 g/mol. The summed E-state index contributed by atoms with van der Waals surface area (Å²) in [6, 6.07) is 4.67. The minimum atomic E-state index is -4.33. The SMILES string of the molecule is Cc1c(C(=N)[O-])c(O)[nH]c(=O)c1N=Nc1ccc(S(=O)(=O)O)cc1.[K+]. The summed E-state index contributed by atoms with van der Waals surface area (Å²) in [7, 11) is -4.33. The fourth-order valence-corrected chi connectivity index (χ4v) is 2.37. The number of pyridine rings is 1. The number of aromatic hydroxyl groups is 1. The summed E-state index contributed by atoms with van der Waals surface area (Å²) in [5.74, 6) is -1.93. The minimum Gasteiger partial charge on any atom is -0.859 e. The first-order valence-electron chi connectivity index (χ1n) is 6.32. The van der Waals surface area contributed by atoms with Crippen molar-refractivity contribution in [3.05, 3.63) is 45.7 Å². The van der Waals surface area contributed by atoms with Gasteiger partial charge in [-0.15, -0.1) is 5.11 Å². The molecule has 0 atom stereocenters. The smallest absolute Gasteiger partial charge is 0.859 e. The van der Waals surface area contributed by atoms with Crippen LogP contribution in [0.15, 0.2) is 44.2 Å². The number of hydrogen-bond donors (Lipinski definition) is 4. The van der Waals surface area contributed by atoms with E-state index in [9.17, 15) is 23.4 Å². The van der Waals surface area contributed by atoms with Crippen molar-refractivity contribution in [3.8, 4) is 5.88 Å². The molecule has 0 amide bonds. The van der Waals surface area contributed by atoms with E-state index < -0.39 is 33.0 Å². The van der Waals surface area contributed by atoms with Gasteiger partial charge in [0, 0.05) is 5.56 Å². The molecule has 0 fully saturated rings. The molecule has 25 heavy (non-hydrogen) atoms. The first-order valence-corrected chi connectivity index (χ1v) is 7.76. The zero-order valence-corrected chi connectivity index (χ0v) is 17.1. The summed E-state index contributed by atoms with van der Waals surface area (Å²) in [5.41, 5.74) is -1.33. The van der Waals surface area contributed by atoms with Crippen LogP contribution in [0.2, 0.25) is 0 Å². The van der Waals surface area contributed by atoms with Gasteiger partial charge in [0.05, 0.1) is 10.6 Å². The van der Waals surface area contributed by atoms with Gasteiger partial charge < -0.3 is 15.6 Å². The molecule has 0 unspecified atom stereocenters. The Kier molecular flexibility index (Phi) is 7.19. The second-order valence-corrected chi connectivity index (χ2v) is 6.07. The van der Waals surface area contributed by atoms with Crippen LogP contribution in [-0.2, 0) is 10.1 Å². The van der Waals surface area contributed by atoms with Gasteiger partial charge in [-0.1, -0.05) is 0 Å². The summed E-state index contributed by atoms with van der Waals surface area (Å²) in [6.07, 6.45) is 0. The van der Waals surface area contributed by atoms with E-state index in [-0.39, 0.29) is 73.2 Å². The van der Waals surface area contributed by atoms with E-state index >= 15 is 0 Å².